The summed E-state index contributed by atoms with van der Waals surface area (Å²) in [5.41, 5.74) is 0. The molecule has 0 radical (unpaired) electrons. The molecule has 5 nitrogen and oxygen atoms in total. The Labute approximate surface area is 96.0 Å². The van der Waals surface area contributed by atoms with Crippen LogP contribution in [0.4, 0.5) is 5.95 Å². The van der Waals surface area contributed by atoms with Crippen LogP contribution in [0.2, 0.25) is 5.15 Å². The highest BCUT2D eigenvalue weighted by atomic mass is 35.5. The van der Waals surface area contributed by atoms with Crippen LogP contribution in [0.25, 0.3) is 0 Å². The fourth-order valence-electron chi connectivity index (χ4n) is 1.16. The Kier molecular flexibility index (Phi) is 3.40. The summed E-state index contributed by atoms with van der Waals surface area (Å²) < 4.78 is 0. The number of carbonyl (C=O) groups excluding carboxylic acids is 1. The summed E-state index contributed by atoms with van der Waals surface area (Å²) >= 11 is 7.35. The number of halogens is 1. The predicted octanol–water partition coefficient (Wildman–Crippen LogP) is 0.731. The molecule has 15 heavy (non-hydrogen) atoms. The lowest BCUT2D eigenvalue weighted by Crippen LogP contribution is -2.37. The summed E-state index contributed by atoms with van der Waals surface area (Å²) in [7, 11) is 0. The number of anilines is 1. The van der Waals surface area contributed by atoms with Crippen molar-refractivity contribution >= 4 is 35.2 Å². The lowest BCUT2D eigenvalue weighted by molar-refractivity contribution is -0.117. The van der Waals surface area contributed by atoms with Gasteiger partial charge in [0, 0.05) is 17.8 Å². The Hall–Kier alpha value is -0.850. The first kappa shape index (κ1) is 10.7. The van der Waals surface area contributed by atoms with E-state index >= 15 is 0 Å². The molecule has 7 heteroatoms. The smallest absolute Gasteiger partial charge is 0.244 e. The second-order valence-corrected chi connectivity index (χ2v) is 4.38. The molecule has 80 valence electrons. The molecule has 0 saturated carbocycles. The Balaban J connectivity index is 1.99. The van der Waals surface area contributed by atoms with Gasteiger partial charge in [0.2, 0.25) is 11.9 Å². The molecule has 1 aliphatic rings. The van der Waals surface area contributed by atoms with Crippen LogP contribution in [0.15, 0.2) is 12.3 Å². The van der Waals surface area contributed by atoms with Crippen LogP contribution >= 0.6 is 23.4 Å². The molecule has 1 amide bonds. The first-order valence-corrected chi connectivity index (χ1v) is 5.89. The standard InChI is InChI=1S/C8H9ClN4OS/c9-6-1-2-10-8(12-6)13-7(14)5-3-15-4-11-5/h1-2,5,11H,3-4H2,(H,10,12,13,14). The summed E-state index contributed by atoms with van der Waals surface area (Å²) in [6.45, 7) is 0. The Morgan fingerprint density at radius 3 is 3.27 bits per heavy atom. The van der Waals surface area contributed by atoms with Crippen molar-refractivity contribution in [1.82, 2.24) is 15.3 Å². The monoisotopic (exact) mass is 244 g/mol. The predicted molar refractivity (Wildman–Crippen MR) is 59.9 cm³/mol. The minimum atomic E-state index is -0.169. The van der Waals surface area contributed by atoms with Gasteiger partial charge in [0.15, 0.2) is 0 Å². The van der Waals surface area contributed by atoms with Gasteiger partial charge in [-0.2, -0.15) is 0 Å². The third kappa shape index (κ3) is 2.80. The van der Waals surface area contributed by atoms with E-state index in [0.717, 1.165) is 11.6 Å². The maximum Gasteiger partial charge on any atom is 0.244 e. The highest BCUT2D eigenvalue weighted by Gasteiger charge is 2.22. The molecule has 1 unspecified atom stereocenters. The van der Waals surface area contributed by atoms with Crippen LogP contribution < -0.4 is 10.6 Å². The van der Waals surface area contributed by atoms with E-state index in [1.165, 1.54) is 6.20 Å². The number of carbonyl (C=O) groups is 1. The topological polar surface area (TPSA) is 66.9 Å². The van der Waals surface area contributed by atoms with E-state index in [2.05, 4.69) is 20.6 Å². The van der Waals surface area contributed by atoms with Crippen molar-refractivity contribution in [2.24, 2.45) is 0 Å². The molecule has 1 aliphatic heterocycles. The number of nitrogens with zero attached hydrogens (tertiary/aromatic N) is 2. The number of rotatable bonds is 2. The molecule has 0 bridgehead atoms. The molecule has 1 saturated heterocycles. The zero-order valence-corrected chi connectivity index (χ0v) is 9.31. The van der Waals surface area contributed by atoms with Crippen LogP contribution in [0.1, 0.15) is 0 Å². The third-order valence-electron chi connectivity index (χ3n) is 1.89. The Morgan fingerprint density at radius 1 is 1.73 bits per heavy atom. The van der Waals surface area contributed by atoms with E-state index in [1.807, 2.05) is 0 Å². The van der Waals surface area contributed by atoms with Crippen molar-refractivity contribution in [2.75, 3.05) is 16.9 Å². The number of hydrogen-bond donors (Lipinski definition) is 2. The maximum atomic E-state index is 11.6. The highest BCUT2D eigenvalue weighted by Crippen LogP contribution is 2.11. The van der Waals surface area contributed by atoms with E-state index < -0.39 is 0 Å². The molecule has 1 aromatic rings. The van der Waals surface area contributed by atoms with Crippen molar-refractivity contribution in [1.29, 1.82) is 0 Å². The molecule has 0 aromatic carbocycles. The number of aromatic nitrogens is 2. The molecule has 0 aliphatic carbocycles. The van der Waals surface area contributed by atoms with Gasteiger partial charge in [0.25, 0.3) is 0 Å². The Morgan fingerprint density at radius 2 is 2.60 bits per heavy atom. The molecule has 2 rings (SSSR count). The van der Waals surface area contributed by atoms with Crippen LogP contribution in [-0.2, 0) is 4.79 Å². The van der Waals surface area contributed by atoms with Gasteiger partial charge in [-0.05, 0) is 6.07 Å². The van der Waals surface area contributed by atoms with E-state index in [-0.39, 0.29) is 17.9 Å². The fraction of sp³-hybridized carbons (Fsp3) is 0.375. The van der Waals surface area contributed by atoms with E-state index in [1.54, 1.807) is 17.8 Å². The zero-order valence-electron chi connectivity index (χ0n) is 7.74. The Bertz CT molecular complexity index is 369. The summed E-state index contributed by atoms with van der Waals surface area (Å²) in [4.78, 5) is 19.4. The highest BCUT2D eigenvalue weighted by molar-refractivity contribution is 7.99. The molecule has 1 fully saturated rings. The van der Waals surface area contributed by atoms with Crippen LogP contribution in [0.5, 0.6) is 0 Å². The summed E-state index contributed by atoms with van der Waals surface area (Å²) in [5, 5.41) is 5.97. The average Bonchev–Trinajstić information content (AvgIpc) is 2.70. The molecule has 1 aromatic heterocycles. The number of amides is 1. The van der Waals surface area contributed by atoms with Gasteiger partial charge in [-0.1, -0.05) is 11.6 Å². The van der Waals surface area contributed by atoms with Crippen molar-refractivity contribution in [3.63, 3.8) is 0 Å². The third-order valence-corrected chi connectivity index (χ3v) is 3.04. The van der Waals surface area contributed by atoms with E-state index in [9.17, 15) is 4.79 Å². The maximum absolute atomic E-state index is 11.6. The van der Waals surface area contributed by atoms with Crippen LogP contribution in [0.3, 0.4) is 0 Å². The van der Waals surface area contributed by atoms with Gasteiger partial charge in [-0.15, -0.1) is 11.8 Å². The molecular formula is C8H9ClN4OS. The largest absolute Gasteiger partial charge is 0.296 e. The zero-order chi connectivity index (χ0) is 10.7. The normalized spacial score (nSPS) is 20.2. The minimum Gasteiger partial charge on any atom is -0.296 e. The lowest BCUT2D eigenvalue weighted by atomic mass is 10.3. The summed E-state index contributed by atoms with van der Waals surface area (Å²) in [6, 6.07) is 1.39. The van der Waals surface area contributed by atoms with E-state index in [0.29, 0.717) is 5.15 Å². The molecule has 2 N–H and O–H groups in total. The van der Waals surface area contributed by atoms with Crippen molar-refractivity contribution in [2.45, 2.75) is 6.04 Å². The first-order valence-electron chi connectivity index (χ1n) is 4.36. The average molecular weight is 245 g/mol. The lowest BCUT2D eigenvalue weighted by Gasteiger charge is -2.08. The van der Waals surface area contributed by atoms with Gasteiger partial charge in [0.05, 0.1) is 6.04 Å². The molecule has 1 atom stereocenters. The first-order chi connectivity index (χ1) is 7.25. The van der Waals surface area contributed by atoms with Gasteiger partial charge >= 0.3 is 0 Å². The second kappa shape index (κ2) is 4.78. The van der Waals surface area contributed by atoms with E-state index in [4.69, 9.17) is 11.6 Å². The minimum absolute atomic E-state index is 0.123. The molecule has 2 heterocycles. The number of hydrogen-bond acceptors (Lipinski definition) is 5. The van der Waals surface area contributed by atoms with Crippen molar-refractivity contribution < 1.29 is 4.79 Å². The van der Waals surface area contributed by atoms with Crippen molar-refractivity contribution in [3.8, 4) is 0 Å². The van der Waals surface area contributed by atoms with Crippen LogP contribution in [0, 0.1) is 0 Å². The van der Waals surface area contributed by atoms with Crippen LogP contribution in [-0.4, -0.2) is 33.5 Å². The van der Waals surface area contributed by atoms with Crippen molar-refractivity contribution in [3.05, 3.63) is 17.4 Å². The SMILES string of the molecule is O=C(Nc1nccc(Cl)n1)C1CSCN1. The second-order valence-electron chi connectivity index (χ2n) is 2.96. The van der Waals surface area contributed by atoms with Gasteiger partial charge in [-0.3, -0.25) is 15.4 Å². The van der Waals surface area contributed by atoms with Gasteiger partial charge < -0.3 is 0 Å². The fourth-order valence-corrected chi connectivity index (χ4v) is 2.24. The molecular weight excluding hydrogens is 236 g/mol. The number of thioether (sulfide) groups is 1. The summed E-state index contributed by atoms with van der Waals surface area (Å²) in [5.74, 6) is 1.69. The van der Waals surface area contributed by atoms with Gasteiger partial charge in [0.1, 0.15) is 5.15 Å². The quantitative estimate of drug-likeness (QED) is 0.751. The molecule has 0 spiro atoms. The summed E-state index contributed by atoms with van der Waals surface area (Å²) in [6.07, 6.45) is 1.50. The number of nitrogens with one attached hydrogen (secondary N) is 2. The van der Waals surface area contributed by atoms with Gasteiger partial charge in [-0.25, -0.2) is 9.97 Å².